The van der Waals surface area contributed by atoms with E-state index in [1.807, 2.05) is 29.2 Å². The number of methoxy groups -OCH3 is 1. The van der Waals surface area contributed by atoms with Gasteiger partial charge in [0, 0.05) is 25.0 Å². The highest BCUT2D eigenvalue weighted by Crippen LogP contribution is 2.37. The molecule has 2 aliphatic rings. The minimum Gasteiger partial charge on any atom is -0.496 e. The largest absolute Gasteiger partial charge is 0.496 e. The number of rotatable bonds is 2. The molecule has 1 N–H and O–H groups in total. The summed E-state index contributed by atoms with van der Waals surface area (Å²) in [5.41, 5.74) is 1.01. The molecule has 18 heavy (non-hydrogen) atoms. The standard InChI is InChI=1S/C14H18N2O2/c1-18-12-5-3-2-4-11(12)13(17)16-9-14(10-16)6-7-15-8-14/h2-5,15H,6-10H2,1H3. The maximum absolute atomic E-state index is 12.4. The van der Waals surface area contributed by atoms with E-state index in [1.165, 1.54) is 6.42 Å². The van der Waals surface area contributed by atoms with Gasteiger partial charge >= 0.3 is 0 Å². The average Bonchev–Trinajstić information content (AvgIpc) is 2.85. The molecule has 1 spiro atoms. The molecule has 0 aromatic heterocycles. The number of hydrogen-bond donors (Lipinski definition) is 1. The summed E-state index contributed by atoms with van der Waals surface area (Å²) < 4.78 is 5.24. The van der Waals surface area contributed by atoms with Crippen LogP contribution in [0.25, 0.3) is 0 Å². The van der Waals surface area contributed by atoms with Gasteiger partial charge in [-0.2, -0.15) is 0 Å². The van der Waals surface area contributed by atoms with Crippen molar-refractivity contribution in [2.75, 3.05) is 33.3 Å². The van der Waals surface area contributed by atoms with Gasteiger partial charge in [0.1, 0.15) is 5.75 Å². The van der Waals surface area contributed by atoms with Crippen LogP contribution in [-0.2, 0) is 0 Å². The monoisotopic (exact) mass is 246 g/mol. The quantitative estimate of drug-likeness (QED) is 0.850. The second kappa shape index (κ2) is 4.28. The van der Waals surface area contributed by atoms with Crippen molar-refractivity contribution < 1.29 is 9.53 Å². The van der Waals surface area contributed by atoms with Crippen molar-refractivity contribution in [2.24, 2.45) is 5.41 Å². The number of nitrogens with one attached hydrogen (secondary N) is 1. The van der Waals surface area contributed by atoms with Crippen LogP contribution in [0.2, 0.25) is 0 Å². The van der Waals surface area contributed by atoms with Crippen LogP contribution in [0, 0.1) is 5.41 Å². The van der Waals surface area contributed by atoms with E-state index in [9.17, 15) is 4.79 Å². The first-order valence-electron chi connectivity index (χ1n) is 6.37. The van der Waals surface area contributed by atoms with E-state index < -0.39 is 0 Å². The summed E-state index contributed by atoms with van der Waals surface area (Å²) in [6, 6.07) is 7.43. The maximum Gasteiger partial charge on any atom is 0.257 e. The Morgan fingerprint density at radius 3 is 2.83 bits per heavy atom. The minimum atomic E-state index is 0.0879. The lowest BCUT2D eigenvalue weighted by Gasteiger charge is -2.47. The topological polar surface area (TPSA) is 41.6 Å². The van der Waals surface area contributed by atoms with Crippen LogP contribution >= 0.6 is 0 Å². The highest BCUT2D eigenvalue weighted by Gasteiger charge is 2.47. The molecule has 4 nitrogen and oxygen atoms in total. The molecule has 2 saturated heterocycles. The lowest BCUT2D eigenvalue weighted by Crippen LogP contribution is -2.59. The second-order valence-electron chi connectivity index (χ2n) is 5.29. The number of hydrogen-bond acceptors (Lipinski definition) is 3. The third-order valence-corrected chi connectivity index (χ3v) is 4.01. The zero-order valence-electron chi connectivity index (χ0n) is 10.6. The Hall–Kier alpha value is -1.55. The Bertz CT molecular complexity index is 459. The van der Waals surface area contributed by atoms with Crippen molar-refractivity contribution in [2.45, 2.75) is 6.42 Å². The third kappa shape index (κ3) is 1.77. The Morgan fingerprint density at radius 1 is 1.39 bits per heavy atom. The molecule has 2 fully saturated rings. The zero-order chi connectivity index (χ0) is 12.6. The van der Waals surface area contributed by atoms with Gasteiger partial charge in [-0.15, -0.1) is 0 Å². The number of carbonyl (C=O) groups excluding carboxylic acids is 1. The number of benzene rings is 1. The van der Waals surface area contributed by atoms with Crippen molar-refractivity contribution >= 4 is 5.91 Å². The Morgan fingerprint density at radius 2 is 2.17 bits per heavy atom. The minimum absolute atomic E-state index is 0.0879. The summed E-state index contributed by atoms with van der Waals surface area (Å²) in [6.45, 7) is 3.87. The molecule has 4 heteroatoms. The van der Waals surface area contributed by atoms with E-state index in [0.29, 0.717) is 16.7 Å². The van der Waals surface area contributed by atoms with Crippen LogP contribution in [0.5, 0.6) is 5.75 Å². The van der Waals surface area contributed by atoms with Crippen molar-refractivity contribution in [3.05, 3.63) is 29.8 Å². The van der Waals surface area contributed by atoms with Gasteiger partial charge < -0.3 is 15.0 Å². The smallest absolute Gasteiger partial charge is 0.257 e. The molecule has 1 amide bonds. The van der Waals surface area contributed by atoms with Gasteiger partial charge in [-0.25, -0.2) is 0 Å². The summed E-state index contributed by atoms with van der Waals surface area (Å²) in [4.78, 5) is 14.3. The number of ether oxygens (including phenoxy) is 1. The Labute approximate surface area is 107 Å². The molecule has 0 aliphatic carbocycles. The molecular formula is C14H18N2O2. The molecule has 0 atom stereocenters. The number of nitrogens with zero attached hydrogens (tertiary/aromatic N) is 1. The first-order chi connectivity index (χ1) is 8.74. The predicted molar refractivity (Wildman–Crippen MR) is 68.8 cm³/mol. The molecule has 2 heterocycles. The summed E-state index contributed by atoms with van der Waals surface area (Å²) in [6.07, 6.45) is 1.18. The van der Waals surface area contributed by atoms with Gasteiger partial charge in [0.25, 0.3) is 5.91 Å². The fraction of sp³-hybridized carbons (Fsp3) is 0.500. The fourth-order valence-corrected chi connectivity index (χ4v) is 2.96. The lowest BCUT2D eigenvalue weighted by molar-refractivity contribution is 0.0157. The molecule has 0 bridgehead atoms. The highest BCUT2D eigenvalue weighted by atomic mass is 16.5. The second-order valence-corrected chi connectivity index (χ2v) is 5.29. The van der Waals surface area contributed by atoms with Crippen LogP contribution in [0.15, 0.2) is 24.3 Å². The van der Waals surface area contributed by atoms with Gasteiger partial charge in [0.15, 0.2) is 0 Å². The molecule has 1 aromatic rings. The van der Waals surface area contributed by atoms with Crippen molar-refractivity contribution in [1.82, 2.24) is 10.2 Å². The molecule has 0 radical (unpaired) electrons. The summed E-state index contributed by atoms with van der Waals surface area (Å²) in [5, 5.41) is 3.37. The number of para-hydroxylation sites is 1. The average molecular weight is 246 g/mol. The van der Waals surface area contributed by atoms with Crippen LogP contribution < -0.4 is 10.1 Å². The normalized spacial score (nSPS) is 20.8. The zero-order valence-corrected chi connectivity index (χ0v) is 10.6. The molecular weight excluding hydrogens is 228 g/mol. The van der Waals surface area contributed by atoms with Gasteiger partial charge in [0.2, 0.25) is 0 Å². The number of amides is 1. The lowest BCUT2D eigenvalue weighted by atomic mass is 9.79. The van der Waals surface area contributed by atoms with Gasteiger partial charge in [-0.05, 0) is 25.1 Å². The van der Waals surface area contributed by atoms with Crippen LogP contribution in [-0.4, -0.2) is 44.1 Å². The molecule has 0 unspecified atom stereocenters. The molecule has 3 rings (SSSR count). The van der Waals surface area contributed by atoms with E-state index in [1.54, 1.807) is 7.11 Å². The van der Waals surface area contributed by atoms with Gasteiger partial charge in [-0.1, -0.05) is 12.1 Å². The van der Waals surface area contributed by atoms with Crippen LogP contribution in [0.3, 0.4) is 0 Å². The van der Waals surface area contributed by atoms with E-state index in [2.05, 4.69) is 5.32 Å². The summed E-state index contributed by atoms with van der Waals surface area (Å²) in [7, 11) is 1.60. The van der Waals surface area contributed by atoms with E-state index in [4.69, 9.17) is 4.74 Å². The molecule has 0 saturated carbocycles. The number of likely N-dealkylation sites (tertiary alicyclic amines) is 1. The fourth-order valence-electron chi connectivity index (χ4n) is 2.96. The summed E-state index contributed by atoms with van der Waals surface area (Å²) >= 11 is 0. The third-order valence-electron chi connectivity index (χ3n) is 4.01. The van der Waals surface area contributed by atoms with Crippen molar-refractivity contribution in [1.29, 1.82) is 0 Å². The molecule has 96 valence electrons. The van der Waals surface area contributed by atoms with Crippen LogP contribution in [0.1, 0.15) is 16.8 Å². The highest BCUT2D eigenvalue weighted by molar-refractivity contribution is 5.97. The first kappa shape index (κ1) is 11.5. The maximum atomic E-state index is 12.4. The van der Waals surface area contributed by atoms with Crippen molar-refractivity contribution in [3.8, 4) is 5.75 Å². The van der Waals surface area contributed by atoms with Crippen molar-refractivity contribution in [3.63, 3.8) is 0 Å². The van der Waals surface area contributed by atoms with E-state index in [-0.39, 0.29) is 5.91 Å². The predicted octanol–water partition coefficient (Wildman–Crippen LogP) is 1.13. The Balaban J connectivity index is 1.72. The van der Waals surface area contributed by atoms with E-state index >= 15 is 0 Å². The SMILES string of the molecule is COc1ccccc1C(=O)N1CC2(CCNC2)C1. The first-order valence-corrected chi connectivity index (χ1v) is 6.37. The molecule has 1 aromatic carbocycles. The number of carbonyl (C=O) groups is 1. The van der Waals surface area contributed by atoms with E-state index in [0.717, 1.165) is 26.2 Å². The van der Waals surface area contributed by atoms with Gasteiger partial charge in [-0.3, -0.25) is 4.79 Å². The van der Waals surface area contributed by atoms with Crippen LogP contribution in [0.4, 0.5) is 0 Å². The summed E-state index contributed by atoms with van der Waals surface area (Å²) in [5.74, 6) is 0.748. The molecule has 2 aliphatic heterocycles. The van der Waals surface area contributed by atoms with Gasteiger partial charge in [0.05, 0.1) is 12.7 Å². The Kier molecular flexibility index (Phi) is 2.74.